The normalized spacial score (nSPS) is 19.1. The topological polar surface area (TPSA) is 49.0 Å². The molecule has 0 spiro atoms. The van der Waals surface area contributed by atoms with Crippen LogP contribution in [0, 0.1) is 5.92 Å². The van der Waals surface area contributed by atoms with E-state index in [1.54, 1.807) is 6.20 Å². The van der Waals surface area contributed by atoms with Crippen LogP contribution >= 0.6 is 12.6 Å². The van der Waals surface area contributed by atoms with Crippen molar-refractivity contribution in [3.63, 3.8) is 0 Å². The maximum absolute atomic E-state index is 12.0. The predicted molar refractivity (Wildman–Crippen MR) is 78.3 cm³/mol. The van der Waals surface area contributed by atoms with E-state index >= 15 is 0 Å². The summed E-state index contributed by atoms with van der Waals surface area (Å²) in [6, 6.07) is 9.88. The average molecular weight is 273 g/mol. The molecule has 0 radical (unpaired) electrons. The zero-order valence-corrected chi connectivity index (χ0v) is 11.3. The van der Waals surface area contributed by atoms with Gasteiger partial charge in [0.25, 0.3) is 0 Å². The maximum Gasteiger partial charge on any atom is 0.227 e. The zero-order valence-electron chi connectivity index (χ0n) is 10.4. The van der Waals surface area contributed by atoms with Crippen LogP contribution in [0.25, 0.3) is 11.3 Å². The third-order valence-electron chi connectivity index (χ3n) is 3.43. The second-order valence-corrected chi connectivity index (χ2v) is 5.14. The molecule has 4 nitrogen and oxygen atoms in total. The Morgan fingerprint density at radius 3 is 3.00 bits per heavy atom. The number of rotatable bonds is 3. The number of carbonyl (C=O) groups excluding carboxylic acids is 1. The minimum Gasteiger partial charge on any atom is -0.312 e. The lowest BCUT2D eigenvalue weighted by molar-refractivity contribution is -0.117. The molecule has 1 unspecified atom stereocenters. The van der Waals surface area contributed by atoms with E-state index in [1.165, 1.54) is 0 Å². The number of H-pyrrole nitrogens is 1. The van der Waals surface area contributed by atoms with Gasteiger partial charge in [-0.1, -0.05) is 12.1 Å². The summed E-state index contributed by atoms with van der Waals surface area (Å²) >= 11 is 4.29. The third-order valence-corrected chi connectivity index (χ3v) is 3.95. The number of amides is 1. The predicted octanol–water partition coefficient (Wildman–Crippen LogP) is 2.36. The monoisotopic (exact) mass is 273 g/mol. The van der Waals surface area contributed by atoms with Crippen molar-refractivity contribution in [2.75, 3.05) is 17.2 Å². The molecule has 1 fully saturated rings. The first-order valence-corrected chi connectivity index (χ1v) is 6.92. The number of carbonyl (C=O) groups is 1. The van der Waals surface area contributed by atoms with Crippen LogP contribution in [0.15, 0.2) is 36.5 Å². The van der Waals surface area contributed by atoms with Crippen LogP contribution in [-0.2, 0) is 4.79 Å². The fourth-order valence-electron chi connectivity index (χ4n) is 2.41. The molecule has 1 aromatic carbocycles. The standard InChI is InChI=1S/C14H15N3OS/c18-14-6-10(9-19)8-17(14)12-3-1-2-11(7-12)13-4-5-15-16-13/h1-5,7,10,19H,6,8-9H2,(H,15,16). The van der Waals surface area contributed by atoms with Crippen molar-refractivity contribution in [2.45, 2.75) is 6.42 Å². The van der Waals surface area contributed by atoms with Crippen molar-refractivity contribution < 1.29 is 4.79 Å². The molecule has 5 heteroatoms. The Hall–Kier alpha value is -1.75. The third kappa shape index (κ3) is 2.38. The number of hydrogen-bond acceptors (Lipinski definition) is 3. The summed E-state index contributed by atoms with van der Waals surface area (Å²) in [7, 11) is 0. The molecule has 2 aromatic rings. The Morgan fingerprint density at radius 1 is 1.42 bits per heavy atom. The molecule has 1 aliphatic heterocycles. The van der Waals surface area contributed by atoms with Gasteiger partial charge in [-0.15, -0.1) is 0 Å². The highest BCUT2D eigenvalue weighted by Crippen LogP contribution is 2.28. The molecule has 0 saturated carbocycles. The van der Waals surface area contributed by atoms with Crippen molar-refractivity contribution in [3.8, 4) is 11.3 Å². The van der Waals surface area contributed by atoms with E-state index in [0.29, 0.717) is 12.3 Å². The van der Waals surface area contributed by atoms with Gasteiger partial charge in [0.15, 0.2) is 0 Å². The number of thiol groups is 1. The van der Waals surface area contributed by atoms with Crippen LogP contribution in [0.3, 0.4) is 0 Å². The van der Waals surface area contributed by atoms with Crippen molar-refractivity contribution in [1.29, 1.82) is 0 Å². The molecule has 1 saturated heterocycles. The van der Waals surface area contributed by atoms with Crippen molar-refractivity contribution in [1.82, 2.24) is 10.2 Å². The van der Waals surface area contributed by atoms with E-state index < -0.39 is 0 Å². The Balaban J connectivity index is 1.90. The van der Waals surface area contributed by atoms with E-state index in [2.05, 4.69) is 22.8 Å². The molecule has 1 aliphatic rings. The molecule has 2 heterocycles. The summed E-state index contributed by atoms with van der Waals surface area (Å²) in [5.41, 5.74) is 2.94. The van der Waals surface area contributed by atoms with Crippen LogP contribution in [-0.4, -0.2) is 28.4 Å². The van der Waals surface area contributed by atoms with E-state index in [9.17, 15) is 4.79 Å². The lowest BCUT2D eigenvalue weighted by atomic mass is 10.1. The van der Waals surface area contributed by atoms with Gasteiger partial charge in [-0.3, -0.25) is 9.89 Å². The molecular formula is C14H15N3OS. The largest absolute Gasteiger partial charge is 0.312 e. The van der Waals surface area contributed by atoms with E-state index in [4.69, 9.17) is 0 Å². The highest BCUT2D eigenvalue weighted by atomic mass is 32.1. The van der Waals surface area contributed by atoms with Gasteiger partial charge in [0.1, 0.15) is 0 Å². The molecule has 98 valence electrons. The van der Waals surface area contributed by atoms with Gasteiger partial charge in [0.05, 0.1) is 5.69 Å². The fourth-order valence-corrected chi connectivity index (χ4v) is 2.66. The summed E-state index contributed by atoms with van der Waals surface area (Å²) in [5.74, 6) is 1.29. The number of hydrogen-bond donors (Lipinski definition) is 2. The molecule has 1 aromatic heterocycles. The molecule has 19 heavy (non-hydrogen) atoms. The van der Waals surface area contributed by atoms with Crippen molar-refractivity contribution >= 4 is 24.2 Å². The zero-order chi connectivity index (χ0) is 13.2. The second kappa shape index (κ2) is 5.09. The highest BCUT2D eigenvalue weighted by Gasteiger charge is 2.29. The van der Waals surface area contributed by atoms with Gasteiger partial charge in [-0.05, 0) is 29.9 Å². The smallest absolute Gasteiger partial charge is 0.227 e. The van der Waals surface area contributed by atoms with E-state index in [-0.39, 0.29) is 5.91 Å². The van der Waals surface area contributed by atoms with E-state index in [1.807, 2.05) is 35.2 Å². The summed E-state index contributed by atoms with van der Waals surface area (Å²) in [6.45, 7) is 0.759. The van der Waals surface area contributed by atoms with Crippen LogP contribution in [0.5, 0.6) is 0 Å². The average Bonchev–Trinajstić information content (AvgIpc) is 3.08. The first-order chi connectivity index (χ1) is 9.28. The molecule has 0 aliphatic carbocycles. The summed E-state index contributed by atoms with van der Waals surface area (Å²) in [4.78, 5) is 13.9. The Labute approximate surface area is 117 Å². The van der Waals surface area contributed by atoms with Gasteiger partial charge in [-0.2, -0.15) is 17.7 Å². The maximum atomic E-state index is 12.0. The Bertz CT molecular complexity index is 582. The molecule has 0 bridgehead atoms. The summed E-state index contributed by atoms with van der Waals surface area (Å²) in [6.07, 6.45) is 2.32. The van der Waals surface area contributed by atoms with Crippen molar-refractivity contribution in [3.05, 3.63) is 36.5 Å². The van der Waals surface area contributed by atoms with Crippen LogP contribution in [0.1, 0.15) is 6.42 Å². The molecule has 3 rings (SSSR count). The lowest BCUT2D eigenvalue weighted by Gasteiger charge is -2.17. The van der Waals surface area contributed by atoms with Gasteiger partial charge in [0, 0.05) is 30.4 Å². The van der Waals surface area contributed by atoms with Crippen molar-refractivity contribution in [2.24, 2.45) is 5.92 Å². The molecule has 1 N–H and O–H groups in total. The number of aromatic nitrogens is 2. The Kier molecular flexibility index (Phi) is 3.29. The van der Waals surface area contributed by atoms with Gasteiger partial charge >= 0.3 is 0 Å². The van der Waals surface area contributed by atoms with E-state index in [0.717, 1.165) is 29.2 Å². The minimum atomic E-state index is 0.181. The van der Waals surface area contributed by atoms with Crippen LogP contribution in [0.2, 0.25) is 0 Å². The van der Waals surface area contributed by atoms with Gasteiger partial charge < -0.3 is 4.90 Å². The summed E-state index contributed by atoms with van der Waals surface area (Å²) in [5, 5.41) is 6.89. The van der Waals surface area contributed by atoms with Crippen LogP contribution in [0.4, 0.5) is 5.69 Å². The summed E-state index contributed by atoms with van der Waals surface area (Å²) < 4.78 is 0. The fraction of sp³-hybridized carbons (Fsp3) is 0.286. The van der Waals surface area contributed by atoms with Gasteiger partial charge in [-0.25, -0.2) is 0 Å². The molecule has 1 atom stereocenters. The quantitative estimate of drug-likeness (QED) is 0.843. The number of benzene rings is 1. The lowest BCUT2D eigenvalue weighted by Crippen LogP contribution is -2.24. The first kappa shape index (κ1) is 12.3. The Morgan fingerprint density at radius 2 is 2.32 bits per heavy atom. The minimum absolute atomic E-state index is 0.181. The first-order valence-electron chi connectivity index (χ1n) is 6.29. The number of anilines is 1. The van der Waals surface area contributed by atoms with Crippen LogP contribution < -0.4 is 4.90 Å². The second-order valence-electron chi connectivity index (χ2n) is 4.78. The van der Waals surface area contributed by atoms with Gasteiger partial charge in [0.2, 0.25) is 5.91 Å². The number of nitrogens with zero attached hydrogens (tertiary/aromatic N) is 2. The SMILES string of the molecule is O=C1CC(CS)CN1c1cccc(-c2ccn[nH]2)c1. The number of nitrogens with one attached hydrogen (secondary N) is 1. The molecule has 1 amide bonds. The number of aromatic amines is 1. The highest BCUT2D eigenvalue weighted by molar-refractivity contribution is 7.80. The molecular weight excluding hydrogens is 258 g/mol.